The molecule has 0 bridgehead atoms. The zero-order chi connectivity index (χ0) is 24.6. The lowest BCUT2D eigenvalue weighted by Crippen LogP contribution is -2.47. The second-order valence-corrected chi connectivity index (χ2v) is 10.5. The molecule has 0 N–H and O–H groups in total. The van der Waals surface area contributed by atoms with Crippen LogP contribution in [0.4, 0.5) is 11.6 Å². The maximum Gasteiger partial charge on any atom is 0.151 e. The van der Waals surface area contributed by atoms with Crippen molar-refractivity contribution in [2.75, 3.05) is 36.0 Å². The van der Waals surface area contributed by atoms with E-state index in [0.29, 0.717) is 5.92 Å². The maximum absolute atomic E-state index is 5.19. The molecule has 0 unspecified atom stereocenters. The van der Waals surface area contributed by atoms with Crippen molar-refractivity contribution >= 4 is 33.6 Å². The van der Waals surface area contributed by atoms with Gasteiger partial charge in [-0.25, -0.2) is 15.0 Å². The van der Waals surface area contributed by atoms with Crippen molar-refractivity contribution in [2.45, 2.75) is 25.2 Å². The lowest BCUT2D eigenvalue weighted by Gasteiger charge is -2.42. The van der Waals surface area contributed by atoms with E-state index in [9.17, 15) is 0 Å². The summed E-state index contributed by atoms with van der Waals surface area (Å²) < 4.78 is 0. The van der Waals surface area contributed by atoms with E-state index in [4.69, 9.17) is 15.0 Å². The predicted molar refractivity (Wildman–Crippen MR) is 151 cm³/mol. The Bertz CT molecular complexity index is 1540. The van der Waals surface area contributed by atoms with Gasteiger partial charge in [-0.15, -0.1) is 0 Å². The Kier molecular flexibility index (Phi) is 5.69. The molecule has 2 aliphatic rings. The van der Waals surface area contributed by atoms with Crippen molar-refractivity contribution in [1.82, 2.24) is 15.0 Å². The highest BCUT2D eigenvalue weighted by Gasteiger charge is 2.35. The number of aromatic nitrogens is 3. The predicted octanol–water partition coefficient (Wildman–Crippen LogP) is 6.24. The summed E-state index contributed by atoms with van der Waals surface area (Å²) >= 11 is 0. The number of hydrogen-bond acceptors (Lipinski definition) is 5. The number of fused-ring (bicyclic) bond motifs is 2. The van der Waals surface area contributed by atoms with Gasteiger partial charge in [-0.2, -0.15) is 0 Å². The molecule has 184 valence electrons. The summed E-state index contributed by atoms with van der Waals surface area (Å²) in [7, 11) is 0. The molecule has 2 saturated heterocycles. The van der Waals surface area contributed by atoms with Gasteiger partial charge in [0.1, 0.15) is 5.82 Å². The molecule has 4 heterocycles. The quantitative estimate of drug-likeness (QED) is 0.295. The number of piperidine rings is 1. The molecule has 0 aliphatic carbocycles. The van der Waals surface area contributed by atoms with Gasteiger partial charge in [0, 0.05) is 37.5 Å². The summed E-state index contributed by atoms with van der Waals surface area (Å²) in [6, 6.07) is 31.8. The molecule has 0 radical (unpaired) electrons. The maximum atomic E-state index is 5.19. The number of pyridine rings is 1. The molecule has 37 heavy (non-hydrogen) atoms. The molecule has 3 aromatic carbocycles. The van der Waals surface area contributed by atoms with E-state index in [0.717, 1.165) is 66.0 Å². The first-order chi connectivity index (χ1) is 18.3. The van der Waals surface area contributed by atoms with Crippen LogP contribution in [0.3, 0.4) is 0 Å². The van der Waals surface area contributed by atoms with Gasteiger partial charge in [-0.1, -0.05) is 60.7 Å². The van der Waals surface area contributed by atoms with E-state index < -0.39 is 0 Å². The van der Waals surface area contributed by atoms with E-state index >= 15 is 0 Å². The normalized spacial score (nSPS) is 16.9. The van der Waals surface area contributed by atoms with Gasteiger partial charge in [0.15, 0.2) is 5.82 Å². The van der Waals surface area contributed by atoms with Gasteiger partial charge in [-0.3, -0.25) is 0 Å². The minimum atomic E-state index is 0.363. The van der Waals surface area contributed by atoms with Gasteiger partial charge in [-0.05, 0) is 61.1 Å². The van der Waals surface area contributed by atoms with Crippen LogP contribution in [0.5, 0.6) is 0 Å². The Morgan fingerprint density at radius 2 is 1.30 bits per heavy atom. The summed E-state index contributed by atoms with van der Waals surface area (Å²) in [5.41, 5.74) is 5.62. The molecule has 0 saturated carbocycles. The standard InChI is InChI=1S/C32H31N5/c1-2-8-23(9-3-1)20-24-16-18-36(19-17-24)32-31(34-28-12-6-7-13-29(28)35-32)26-21-37(22-26)30-15-14-25-10-4-5-11-27(25)33-30/h1-15,24,26H,16-22H2. The molecule has 7 rings (SSSR count). The van der Waals surface area contributed by atoms with Crippen LogP contribution in [0.25, 0.3) is 21.9 Å². The van der Waals surface area contributed by atoms with Gasteiger partial charge >= 0.3 is 0 Å². The molecular weight excluding hydrogens is 454 g/mol. The fourth-order valence-corrected chi connectivity index (χ4v) is 5.88. The molecule has 5 heteroatoms. The number of para-hydroxylation sites is 3. The van der Waals surface area contributed by atoms with Crippen LogP contribution in [-0.2, 0) is 6.42 Å². The van der Waals surface area contributed by atoms with Crippen LogP contribution < -0.4 is 9.80 Å². The third-order valence-corrected chi connectivity index (χ3v) is 8.04. The Morgan fingerprint density at radius 3 is 2.08 bits per heavy atom. The molecule has 5 nitrogen and oxygen atoms in total. The molecule has 0 spiro atoms. The van der Waals surface area contributed by atoms with Crippen molar-refractivity contribution < 1.29 is 0 Å². The highest BCUT2D eigenvalue weighted by Crippen LogP contribution is 2.37. The van der Waals surface area contributed by atoms with Crippen LogP contribution in [0.2, 0.25) is 0 Å². The van der Waals surface area contributed by atoms with Crippen LogP contribution in [0, 0.1) is 5.92 Å². The first kappa shape index (κ1) is 22.2. The number of rotatable bonds is 5. The first-order valence-corrected chi connectivity index (χ1v) is 13.5. The first-order valence-electron chi connectivity index (χ1n) is 13.5. The largest absolute Gasteiger partial charge is 0.355 e. The summed E-state index contributed by atoms with van der Waals surface area (Å²) in [6.07, 6.45) is 3.56. The highest BCUT2D eigenvalue weighted by atomic mass is 15.3. The fourth-order valence-electron chi connectivity index (χ4n) is 5.88. The van der Waals surface area contributed by atoms with Crippen molar-refractivity contribution in [3.05, 3.63) is 102 Å². The van der Waals surface area contributed by atoms with E-state index in [2.05, 4.69) is 101 Å². The van der Waals surface area contributed by atoms with Crippen LogP contribution >= 0.6 is 0 Å². The van der Waals surface area contributed by atoms with Crippen molar-refractivity contribution in [2.24, 2.45) is 5.92 Å². The SMILES string of the molecule is c1ccc(CC2CCN(c3nc4ccccc4nc3C3CN(c4ccc5ccccc5n4)C3)CC2)cc1. The second kappa shape index (κ2) is 9.47. The molecular formula is C32H31N5. The molecule has 2 aromatic heterocycles. The van der Waals surface area contributed by atoms with E-state index in [1.807, 2.05) is 0 Å². The van der Waals surface area contributed by atoms with Gasteiger partial charge in [0.2, 0.25) is 0 Å². The lowest BCUT2D eigenvalue weighted by molar-refractivity contribution is 0.400. The number of hydrogen-bond donors (Lipinski definition) is 0. The average Bonchev–Trinajstić information content (AvgIpc) is 2.93. The van der Waals surface area contributed by atoms with Gasteiger partial charge < -0.3 is 9.80 Å². The Morgan fingerprint density at radius 1 is 0.622 bits per heavy atom. The minimum Gasteiger partial charge on any atom is -0.355 e. The molecule has 2 fully saturated rings. The monoisotopic (exact) mass is 485 g/mol. The number of benzene rings is 3. The number of anilines is 2. The summed E-state index contributed by atoms with van der Waals surface area (Å²) in [4.78, 5) is 20.1. The van der Waals surface area contributed by atoms with Crippen molar-refractivity contribution in [3.8, 4) is 0 Å². The number of nitrogens with zero attached hydrogens (tertiary/aromatic N) is 5. The van der Waals surface area contributed by atoms with E-state index in [1.54, 1.807) is 0 Å². The molecule has 5 aromatic rings. The zero-order valence-electron chi connectivity index (χ0n) is 21.0. The Balaban J connectivity index is 1.11. The van der Waals surface area contributed by atoms with Gasteiger partial charge in [0.25, 0.3) is 0 Å². The molecule has 0 atom stereocenters. The summed E-state index contributed by atoms with van der Waals surface area (Å²) in [5.74, 6) is 3.23. The van der Waals surface area contributed by atoms with Crippen LogP contribution in [0.15, 0.2) is 91.0 Å². The van der Waals surface area contributed by atoms with Crippen molar-refractivity contribution in [3.63, 3.8) is 0 Å². The Labute approximate surface area is 217 Å². The molecule has 2 aliphatic heterocycles. The summed E-state index contributed by atoms with van der Waals surface area (Å²) in [6.45, 7) is 3.94. The lowest BCUT2D eigenvalue weighted by atomic mass is 9.89. The highest BCUT2D eigenvalue weighted by molar-refractivity contribution is 5.80. The van der Waals surface area contributed by atoms with E-state index in [1.165, 1.54) is 30.2 Å². The minimum absolute atomic E-state index is 0.363. The topological polar surface area (TPSA) is 45.2 Å². The van der Waals surface area contributed by atoms with Crippen LogP contribution in [-0.4, -0.2) is 41.1 Å². The third kappa shape index (κ3) is 4.39. The van der Waals surface area contributed by atoms with Crippen molar-refractivity contribution in [1.29, 1.82) is 0 Å². The zero-order valence-corrected chi connectivity index (χ0v) is 21.0. The Hall–Kier alpha value is -3.99. The second-order valence-electron chi connectivity index (χ2n) is 10.5. The fraction of sp³-hybridized carbons (Fsp3) is 0.281. The average molecular weight is 486 g/mol. The van der Waals surface area contributed by atoms with E-state index in [-0.39, 0.29) is 0 Å². The smallest absolute Gasteiger partial charge is 0.151 e. The third-order valence-electron chi connectivity index (χ3n) is 8.04. The molecule has 0 amide bonds. The summed E-state index contributed by atoms with van der Waals surface area (Å²) in [5, 5.41) is 1.18. The van der Waals surface area contributed by atoms with Crippen LogP contribution in [0.1, 0.15) is 30.0 Å². The van der Waals surface area contributed by atoms with Gasteiger partial charge in [0.05, 0.1) is 22.2 Å².